The molecule has 0 atom stereocenters. The largest absolute Gasteiger partial charge is 0.465 e. The number of Topliss-reactive ketones (excluding diaryl/α,β-unsaturated/α-hetero) is 1. The summed E-state index contributed by atoms with van der Waals surface area (Å²) in [5.41, 5.74) is -0.285. The average Bonchev–Trinajstić information content (AvgIpc) is 2.33. The Morgan fingerprint density at radius 1 is 1.11 bits per heavy atom. The maximum absolute atomic E-state index is 13.3. The van der Waals surface area contributed by atoms with Crippen molar-refractivity contribution in [1.29, 1.82) is 0 Å². The molecular weight excluding hydrogens is 261 g/mol. The summed E-state index contributed by atoms with van der Waals surface area (Å²) < 4.78 is 43.5. The number of hydrogen-bond donors (Lipinski definition) is 0. The minimum atomic E-state index is -1.32. The Bertz CT molecular complexity index is 486. The van der Waals surface area contributed by atoms with Gasteiger partial charge in [-0.2, -0.15) is 0 Å². The molecule has 0 amide bonds. The van der Waals surface area contributed by atoms with Gasteiger partial charge in [-0.05, 0) is 18.1 Å². The molecule has 1 rings (SSSR count). The van der Waals surface area contributed by atoms with Crippen LogP contribution in [0.15, 0.2) is 12.1 Å². The zero-order valence-electron chi connectivity index (χ0n) is 10.3. The van der Waals surface area contributed by atoms with Crippen molar-refractivity contribution in [3.05, 3.63) is 35.1 Å². The molecule has 19 heavy (non-hydrogen) atoms. The van der Waals surface area contributed by atoms with Crippen molar-refractivity contribution >= 4 is 11.8 Å². The molecule has 0 aromatic heterocycles. The molecule has 0 bridgehead atoms. The number of benzene rings is 1. The summed E-state index contributed by atoms with van der Waals surface area (Å²) in [6.45, 7) is 2.00. The van der Waals surface area contributed by atoms with Gasteiger partial charge in [-0.3, -0.25) is 9.59 Å². The maximum Gasteiger partial charge on any atom is 0.313 e. The fraction of sp³-hybridized carbons (Fsp3) is 0.385. The number of ketones is 1. The number of halogens is 3. The second-order valence-electron chi connectivity index (χ2n) is 3.97. The highest BCUT2D eigenvalue weighted by atomic mass is 19.2. The van der Waals surface area contributed by atoms with Crippen LogP contribution in [-0.2, 0) is 20.7 Å². The van der Waals surface area contributed by atoms with Crippen LogP contribution in [0.3, 0.4) is 0 Å². The third-order valence-corrected chi connectivity index (χ3v) is 2.29. The fourth-order valence-electron chi connectivity index (χ4n) is 1.40. The van der Waals surface area contributed by atoms with Crippen LogP contribution in [-0.4, -0.2) is 18.4 Å². The smallest absolute Gasteiger partial charge is 0.313 e. The number of esters is 1. The normalized spacial score (nSPS) is 10.3. The lowest BCUT2D eigenvalue weighted by Crippen LogP contribution is -2.14. The van der Waals surface area contributed by atoms with Crippen LogP contribution in [0, 0.1) is 17.5 Å². The Kier molecular flexibility index (Phi) is 5.54. The maximum atomic E-state index is 13.3. The van der Waals surface area contributed by atoms with Crippen molar-refractivity contribution in [1.82, 2.24) is 0 Å². The molecular formula is C13H13F3O3. The number of hydrogen-bond acceptors (Lipinski definition) is 3. The van der Waals surface area contributed by atoms with E-state index in [-0.39, 0.29) is 12.2 Å². The zero-order valence-corrected chi connectivity index (χ0v) is 10.3. The van der Waals surface area contributed by atoms with Gasteiger partial charge in [-0.15, -0.1) is 0 Å². The molecule has 0 fully saturated rings. The Morgan fingerprint density at radius 2 is 1.74 bits per heavy atom. The number of carbonyl (C=O) groups excluding carboxylic acids is 2. The van der Waals surface area contributed by atoms with Crippen LogP contribution >= 0.6 is 0 Å². The van der Waals surface area contributed by atoms with Crippen LogP contribution in [0.4, 0.5) is 13.2 Å². The zero-order chi connectivity index (χ0) is 14.4. The molecule has 0 saturated carbocycles. The van der Waals surface area contributed by atoms with Crippen LogP contribution in [0.2, 0.25) is 0 Å². The standard InChI is InChI=1S/C13H13F3O3/c1-2-3-19-13(18)6-9(17)4-8-5-11(15)12(16)7-10(8)14/h5,7H,2-4,6H2,1H3. The van der Waals surface area contributed by atoms with Crippen LogP contribution in [0.25, 0.3) is 0 Å². The summed E-state index contributed by atoms with van der Waals surface area (Å²) in [5, 5.41) is 0. The topological polar surface area (TPSA) is 43.4 Å². The summed E-state index contributed by atoms with van der Waals surface area (Å²) in [5.74, 6) is -4.91. The molecule has 6 heteroatoms. The van der Waals surface area contributed by atoms with E-state index in [0.717, 1.165) is 0 Å². The van der Waals surface area contributed by atoms with Gasteiger partial charge < -0.3 is 4.74 Å². The van der Waals surface area contributed by atoms with Gasteiger partial charge in [0.1, 0.15) is 18.0 Å². The average molecular weight is 274 g/mol. The first kappa shape index (κ1) is 15.2. The van der Waals surface area contributed by atoms with Crippen molar-refractivity contribution in [2.75, 3.05) is 6.61 Å². The van der Waals surface area contributed by atoms with E-state index in [4.69, 9.17) is 0 Å². The van der Waals surface area contributed by atoms with Gasteiger partial charge >= 0.3 is 5.97 Å². The summed E-state index contributed by atoms with van der Waals surface area (Å²) >= 11 is 0. The van der Waals surface area contributed by atoms with E-state index in [2.05, 4.69) is 4.74 Å². The van der Waals surface area contributed by atoms with Crippen molar-refractivity contribution in [3.8, 4) is 0 Å². The molecule has 1 aromatic rings. The molecule has 0 aliphatic rings. The quantitative estimate of drug-likeness (QED) is 0.455. The lowest BCUT2D eigenvalue weighted by Gasteiger charge is -2.04. The highest BCUT2D eigenvalue weighted by Gasteiger charge is 2.16. The van der Waals surface area contributed by atoms with Crippen molar-refractivity contribution in [3.63, 3.8) is 0 Å². The number of carbonyl (C=O) groups is 2. The van der Waals surface area contributed by atoms with Gasteiger partial charge in [-0.1, -0.05) is 6.92 Å². The van der Waals surface area contributed by atoms with Crippen LogP contribution < -0.4 is 0 Å². The second kappa shape index (κ2) is 6.92. The van der Waals surface area contributed by atoms with Crippen molar-refractivity contribution in [2.45, 2.75) is 26.2 Å². The summed E-state index contributed by atoms with van der Waals surface area (Å²) in [4.78, 5) is 22.6. The predicted molar refractivity (Wildman–Crippen MR) is 60.9 cm³/mol. The van der Waals surface area contributed by atoms with E-state index >= 15 is 0 Å². The minimum absolute atomic E-state index is 0.200. The molecule has 0 unspecified atom stereocenters. The van der Waals surface area contributed by atoms with Gasteiger partial charge in [0.25, 0.3) is 0 Å². The molecule has 0 saturated heterocycles. The third-order valence-electron chi connectivity index (χ3n) is 2.29. The Hall–Kier alpha value is -1.85. The van der Waals surface area contributed by atoms with Gasteiger partial charge in [0.2, 0.25) is 0 Å². The Balaban J connectivity index is 2.62. The lowest BCUT2D eigenvalue weighted by atomic mass is 10.1. The molecule has 3 nitrogen and oxygen atoms in total. The molecule has 0 radical (unpaired) electrons. The number of rotatable bonds is 6. The third kappa shape index (κ3) is 4.73. The Morgan fingerprint density at radius 3 is 2.37 bits per heavy atom. The highest BCUT2D eigenvalue weighted by molar-refractivity contribution is 5.96. The summed E-state index contributed by atoms with van der Waals surface area (Å²) in [6.07, 6.45) is -0.375. The molecule has 1 aromatic carbocycles. The summed E-state index contributed by atoms with van der Waals surface area (Å²) in [7, 11) is 0. The SMILES string of the molecule is CCCOC(=O)CC(=O)Cc1cc(F)c(F)cc1F. The molecule has 104 valence electrons. The molecule has 0 N–H and O–H groups in total. The van der Waals surface area contributed by atoms with E-state index < -0.39 is 42.0 Å². The fourth-order valence-corrected chi connectivity index (χ4v) is 1.40. The molecule has 0 spiro atoms. The molecule has 0 heterocycles. The first-order chi connectivity index (χ1) is 8.93. The van der Waals surface area contributed by atoms with Crippen LogP contribution in [0.5, 0.6) is 0 Å². The van der Waals surface area contributed by atoms with E-state index in [0.29, 0.717) is 18.6 Å². The highest BCUT2D eigenvalue weighted by Crippen LogP contribution is 2.15. The Labute approximate surface area is 108 Å². The summed E-state index contributed by atoms with van der Waals surface area (Å²) in [6, 6.07) is 0.979. The van der Waals surface area contributed by atoms with Gasteiger partial charge in [-0.25, -0.2) is 13.2 Å². The van der Waals surface area contributed by atoms with E-state index in [1.807, 2.05) is 0 Å². The van der Waals surface area contributed by atoms with Gasteiger partial charge in [0.15, 0.2) is 11.6 Å². The molecule has 0 aliphatic heterocycles. The van der Waals surface area contributed by atoms with E-state index in [1.54, 1.807) is 6.92 Å². The van der Waals surface area contributed by atoms with Crippen molar-refractivity contribution < 1.29 is 27.5 Å². The van der Waals surface area contributed by atoms with Gasteiger partial charge in [0, 0.05) is 12.5 Å². The number of ether oxygens (including phenoxy) is 1. The van der Waals surface area contributed by atoms with Crippen molar-refractivity contribution in [2.24, 2.45) is 0 Å². The minimum Gasteiger partial charge on any atom is -0.465 e. The molecule has 0 aliphatic carbocycles. The van der Waals surface area contributed by atoms with E-state index in [9.17, 15) is 22.8 Å². The van der Waals surface area contributed by atoms with Gasteiger partial charge in [0.05, 0.1) is 6.61 Å². The van der Waals surface area contributed by atoms with Crippen LogP contribution in [0.1, 0.15) is 25.3 Å². The monoisotopic (exact) mass is 274 g/mol. The first-order valence-electron chi connectivity index (χ1n) is 5.74. The van der Waals surface area contributed by atoms with E-state index in [1.165, 1.54) is 0 Å². The first-order valence-corrected chi connectivity index (χ1v) is 5.74. The predicted octanol–water partition coefficient (Wildman–Crippen LogP) is 2.56. The second-order valence-corrected chi connectivity index (χ2v) is 3.97. The lowest BCUT2D eigenvalue weighted by molar-refractivity contribution is -0.145.